The Kier molecular flexibility index (Phi) is 9.32. The van der Waals surface area contributed by atoms with Crippen LogP contribution < -0.4 is 15.5 Å². The number of nitrogens with one attached hydrogen (secondary N) is 2. The molecule has 0 radical (unpaired) electrons. The largest absolute Gasteiger partial charge is 0.378 e. The molecule has 1 aliphatic heterocycles. The lowest BCUT2D eigenvalue weighted by molar-refractivity contribution is 0.122. The third kappa shape index (κ3) is 7.24. The van der Waals surface area contributed by atoms with E-state index in [0.717, 1.165) is 38.8 Å². The molecule has 1 aliphatic rings. The van der Waals surface area contributed by atoms with Crippen LogP contribution in [0, 0.1) is 0 Å². The highest BCUT2D eigenvalue weighted by molar-refractivity contribution is 5.79. The zero-order valence-corrected chi connectivity index (χ0v) is 16.8. The quantitative estimate of drug-likeness (QED) is 0.402. The van der Waals surface area contributed by atoms with Crippen LogP contribution in [-0.4, -0.2) is 45.4 Å². The number of ether oxygens (including phenoxy) is 1. The van der Waals surface area contributed by atoms with Crippen molar-refractivity contribution < 1.29 is 4.74 Å². The van der Waals surface area contributed by atoms with Gasteiger partial charge in [-0.1, -0.05) is 44.7 Å². The van der Waals surface area contributed by atoms with E-state index in [9.17, 15) is 0 Å². The molecule has 5 heteroatoms. The van der Waals surface area contributed by atoms with Crippen LogP contribution >= 0.6 is 0 Å². The molecule has 1 fully saturated rings. The summed E-state index contributed by atoms with van der Waals surface area (Å²) in [6, 6.07) is 9.24. The maximum absolute atomic E-state index is 5.42. The van der Waals surface area contributed by atoms with Gasteiger partial charge in [0.25, 0.3) is 0 Å². The average molecular weight is 361 g/mol. The van der Waals surface area contributed by atoms with Crippen molar-refractivity contribution >= 4 is 11.6 Å². The third-order valence-corrected chi connectivity index (χ3v) is 4.87. The highest BCUT2D eigenvalue weighted by Gasteiger charge is 2.11. The van der Waals surface area contributed by atoms with Crippen molar-refractivity contribution in [3.05, 3.63) is 29.8 Å². The Morgan fingerprint density at radius 1 is 1.15 bits per heavy atom. The lowest BCUT2D eigenvalue weighted by Crippen LogP contribution is -2.41. The van der Waals surface area contributed by atoms with Crippen molar-refractivity contribution in [3.63, 3.8) is 0 Å². The van der Waals surface area contributed by atoms with Crippen LogP contribution in [0.2, 0.25) is 0 Å². The van der Waals surface area contributed by atoms with Gasteiger partial charge in [-0.3, -0.25) is 4.99 Å². The first kappa shape index (κ1) is 20.6. The first-order valence-electron chi connectivity index (χ1n) is 10.1. The van der Waals surface area contributed by atoms with E-state index in [1.54, 1.807) is 0 Å². The Labute approximate surface area is 159 Å². The molecule has 5 nitrogen and oxygen atoms in total. The van der Waals surface area contributed by atoms with E-state index in [1.807, 2.05) is 7.05 Å². The first-order chi connectivity index (χ1) is 12.7. The molecule has 0 amide bonds. The number of rotatable bonds is 9. The van der Waals surface area contributed by atoms with Gasteiger partial charge in [-0.05, 0) is 31.0 Å². The number of guanidine groups is 1. The van der Waals surface area contributed by atoms with Crippen molar-refractivity contribution in [2.45, 2.75) is 58.5 Å². The molecular formula is C21H36N4O. The molecule has 2 N–H and O–H groups in total. The average Bonchev–Trinajstić information content (AvgIpc) is 2.69. The minimum absolute atomic E-state index is 0.446. The van der Waals surface area contributed by atoms with Gasteiger partial charge in [-0.2, -0.15) is 0 Å². The molecule has 1 unspecified atom stereocenters. The predicted octanol–water partition coefficient (Wildman–Crippen LogP) is 3.55. The summed E-state index contributed by atoms with van der Waals surface area (Å²) in [6.07, 6.45) is 6.41. The lowest BCUT2D eigenvalue weighted by atomic mass is 10.1. The fraction of sp³-hybridized carbons (Fsp3) is 0.667. The van der Waals surface area contributed by atoms with Crippen LogP contribution in [0.5, 0.6) is 0 Å². The molecule has 0 bridgehead atoms. The van der Waals surface area contributed by atoms with E-state index in [2.05, 4.69) is 58.6 Å². The lowest BCUT2D eigenvalue weighted by Gasteiger charge is -2.29. The first-order valence-corrected chi connectivity index (χ1v) is 10.1. The highest BCUT2D eigenvalue weighted by Crippen LogP contribution is 2.16. The summed E-state index contributed by atoms with van der Waals surface area (Å²) >= 11 is 0. The number of anilines is 1. The van der Waals surface area contributed by atoms with Crippen LogP contribution in [-0.2, 0) is 11.3 Å². The topological polar surface area (TPSA) is 48.9 Å². The van der Waals surface area contributed by atoms with Crippen LogP contribution in [0.1, 0.15) is 51.5 Å². The number of benzene rings is 1. The van der Waals surface area contributed by atoms with Gasteiger partial charge in [-0.15, -0.1) is 0 Å². The van der Waals surface area contributed by atoms with Gasteiger partial charge < -0.3 is 20.3 Å². The number of nitrogens with zero attached hydrogens (tertiary/aromatic N) is 2. The van der Waals surface area contributed by atoms with E-state index >= 15 is 0 Å². The zero-order valence-electron chi connectivity index (χ0n) is 16.8. The van der Waals surface area contributed by atoms with E-state index in [4.69, 9.17) is 4.74 Å². The Morgan fingerprint density at radius 3 is 2.54 bits per heavy atom. The maximum atomic E-state index is 5.42. The van der Waals surface area contributed by atoms with E-state index < -0.39 is 0 Å². The minimum Gasteiger partial charge on any atom is -0.378 e. The van der Waals surface area contributed by atoms with Crippen molar-refractivity contribution in [2.24, 2.45) is 4.99 Å². The van der Waals surface area contributed by atoms with Crippen molar-refractivity contribution in [2.75, 3.05) is 38.3 Å². The normalized spacial score (nSPS) is 16.4. The second kappa shape index (κ2) is 11.8. The van der Waals surface area contributed by atoms with E-state index in [0.29, 0.717) is 6.04 Å². The number of morpholine rings is 1. The standard InChI is InChI=1S/C21H36N4O/c1-4-5-6-7-8-18(2)24-21(22-3)23-17-19-9-11-20(12-10-19)25-13-15-26-16-14-25/h9-12,18H,4-8,13-17H2,1-3H3,(H2,22,23,24). The second-order valence-corrected chi connectivity index (χ2v) is 7.09. The van der Waals surface area contributed by atoms with Crippen molar-refractivity contribution in [1.82, 2.24) is 10.6 Å². The van der Waals surface area contributed by atoms with E-state index in [-0.39, 0.29) is 0 Å². The molecule has 1 saturated heterocycles. The van der Waals surface area contributed by atoms with Gasteiger partial charge >= 0.3 is 0 Å². The number of hydrogen-bond donors (Lipinski definition) is 2. The van der Waals surface area contributed by atoms with Gasteiger partial charge in [0.2, 0.25) is 0 Å². The molecule has 0 saturated carbocycles. The highest BCUT2D eigenvalue weighted by atomic mass is 16.5. The van der Waals surface area contributed by atoms with Gasteiger partial charge in [0.15, 0.2) is 5.96 Å². The van der Waals surface area contributed by atoms with Crippen molar-refractivity contribution in [3.8, 4) is 0 Å². The summed E-state index contributed by atoms with van der Waals surface area (Å²) in [6.45, 7) is 8.86. The Hall–Kier alpha value is -1.75. The molecule has 1 aromatic rings. The van der Waals surface area contributed by atoms with Crippen LogP contribution in [0.4, 0.5) is 5.69 Å². The maximum Gasteiger partial charge on any atom is 0.191 e. The number of unbranched alkanes of at least 4 members (excludes halogenated alkanes) is 3. The van der Waals surface area contributed by atoms with Gasteiger partial charge in [0, 0.05) is 38.4 Å². The summed E-state index contributed by atoms with van der Waals surface area (Å²) in [5, 5.41) is 6.92. The third-order valence-electron chi connectivity index (χ3n) is 4.87. The Bertz CT molecular complexity index is 523. The molecule has 2 rings (SSSR count). The smallest absolute Gasteiger partial charge is 0.191 e. The van der Waals surface area contributed by atoms with Crippen LogP contribution in [0.3, 0.4) is 0 Å². The van der Waals surface area contributed by atoms with Gasteiger partial charge in [0.05, 0.1) is 13.2 Å². The van der Waals surface area contributed by atoms with E-state index in [1.165, 1.54) is 43.4 Å². The fourth-order valence-electron chi connectivity index (χ4n) is 3.21. The molecule has 0 aliphatic carbocycles. The predicted molar refractivity (Wildman–Crippen MR) is 111 cm³/mol. The monoisotopic (exact) mass is 360 g/mol. The molecule has 1 aromatic carbocycles. The summed E-state index contributed by atoms with van der Waals surface area (Å²) in [5.74, 6) is 0.880. The number of aliphatic imine (C=N–C) groups is 1. The number of hydrogen-bond acceptors (Lipinski definition) is 3. The second-order valence-electron chi connectivity index (χ2n) is 7.09. The van der Waals surface area contributed by atoms with Gasteiger partial charge in [-0.25, -0.2) is 0 Å². The minimum atomic E-state index is 0.446. The summed E-state index contributed by atoms with van der Waals surface area (Å²) in [4.78, 5) is 6.73. The molecule has 146 valence electrons. The van der Waals surface area contributed by atoms with Crippen LogP contribution in [0.25, 0.3) is 0 Å². The molecular weight excluding hydrogens is 324 g/mol. The van der Waals surface area contributed by atoms with Crippen LogP contribution in [0.15, 0.2) is 29.3 Å². The summed E-state index contributed by atoms with van der Waals surface area (Å²) in [7, 11) is 1.83. The Morgan fingerprint density at radius 2 is 1.88 bits per heavy atom. The zero-order chi connectivity index (χ0) is 18.6. The molecule has 1 heterocycles. The summed E-state index contributed by atoms with van der Waals surface area (Å²) < 4.78 is 5.42. The molecule has 0 aromatic heterocycles. The van der Waals surface area contributed by atoms with Gasteiger partial charge in [0.1, 0.15) is 0 Å². The summed E-state index contributed by atoms with van der Waals surface area (Å²) in [5.41, 5.74) is 2.54. The fourth-order valence-corrected chi connectivity index (χ4v) is 3.21. The molecule has 0 spiro atoms. The van der Waals surface area contributed by atoms with Crippen molar-refractivity contribution in [1.29, 1.82) is 0 Å². The SMILES string of the molecule is CCCCCCC(C)NC(=NC)NCc1ccc(N2CCOCC2)cc1. The molecule has 1 atom stereocenters. The Balaban J connectivity index is 1.73. The molecule has 26 heavy (non-hydrogen) atoms.